The minimum Gasteiger partial charge on any atom is -0.326 e. The zero-order chi connectivity index (χ0) is 15.1. The van der Waals surface area contributed by atoms with Crippen molar-refractivity contribution in [3.8, 4) is 0 Å². The number of hydrogen-bond donors (Lipinski definition) is 2. The zero-order valence-corrected chi connectivity index (χ0v) is 14.1. The fourth-order valence-electron chi connectivity index (χ4n) is 1.73. The van der Waals surface area contributed by atoms with Crippen LogP contribution in [0.2, 0.25) is 0 Å². The fraction of sp³-hybridized carbons (Fsp3) is 0.267. The van der Waals surface area contributed by atoms with E-state index in [-0.39, 0.29) is 18.3 Å². The average molecular weight is 339 g/mol. The third-order valence-electron chi connectivity index (χ3n) is 2.83. The first-order chi connectivity index (χ1) is 10.2. The largest absolute Gasteiger partial charge is 0.326 e. The summed E-state index contributed by atoms with van der Waals surface area (Å²) in [5.41, 5.74) is 1.86. The van der Waals surface area contributed by atoms with E-state index >= 15 is 0 Å². The van der Waals surface area contributed by atoms with Gasteiger partial charge in [-0.1, -0.05) is 0 Å². The molecule has 0 aliphatic heterocycles. The Morgan fingerprint density at radius 1 is 1.27 bits per heavy atom. The Morgan fingerprint density at radius 3 is 2.64 bits per heavy atom. The van der Waals surface area contributed by atoms with E-state index in [9.17, 15) is 4.79 Å². The molecule has 0 aliphatic rings. The van der Waals surface area contributed by atoms with Crippen molar-refractivity contribution in [3.05, 3.63) is 42.2 Å². The van der Waals surface area contributed by atoms with Gasteiger partial charge in [0.1, 0.15) is 0 Å². The summed E-state index contributed by atoms with van der Waals surface area (Å²) in [5.74, 6) is 0.0132. The first-order valence-electron chi connectivity index (χ1n) is 6.69. The molecule has 7 heteroatoms. The topological polar surface area (TPSA) is 66.9 Å². The highest BCUT2D eigenvalue weighted by atomic mass is 35.5. The molecule has 1 amide bonds. The summed E-state index contributed by atoms with van der Waals surface area (Å²) in [6, 6.07) is 7.69. The van der Waals surface area contributed by atoms with Gasteiger partial charge in [-0.3, -0.25) is 4.79 Å². The molecular weight excluding hydrogens is 320 g/mol. The lowest BCUT2D eigenvalue weighted by molar-refractivity contribution is -0.116. The van der Waals surface area contributed by atoms with Gasteiger partial charge in [0, 0.05) is 35.9 Å². The number of carbonyl (C=O) groups is 1. The van der Waals surface area contributed by atoms with Crippen LogP contribution in [-0.4, -0.2) is 29.5 Å². The normalized spacial score (nSPS) is 9.91. The predicted molar refractivity (Wildman–Crippen MR) is 91.8 cm³/mol. The molecule has 1 aromatic heterocycles. The summed E-state index contributed by atoms with van der Waals surface area (Å²) in [5, 5.41) is 6.58. The smallest absolute Gasteiger partial charge is 0.225 e. The lowest BCUT2D eigenvalue weighted by Gasteiger charge is -2.09. The summed E-state index contributed by atoms with van der Waals surface area (Å²) < 4.78 is 0. The average Bonchev–Trinajstić information content (AvgIpc) is 2.49. The Morgan fingerprint density at radius 2 is 2.00 bits per heavy atom. The highest BCUT2D eigenvalue weighted by molar-refractivity contribution is 7.99. The molecule has 2 aromatic rings. The van der Waals surface area contributed by atoms with Crippen molar-refractivity contribution in [3.63, 3.8) is 0 Å². The van der Waals surface area contributed by atoms with Gasteiger partial charge in [-0.25, -0.2) is 9.97 Å². The van der Waals surface area contributed by atoms with Gasteiger partial charge in [0.25, 0.3) is 0 Å². The standard InChI is InChI=1S/C15H18N4OS.ClH/c1-11-10-12(21-15-17-7-3-8-18-15)4-5-13(11)19-14(20)6-9-16-2;/h3-5,7-8,10,16H,6,9H2,1-2H3,(H,19,20);1H. The van der Waals surface area contributed by atoms with Crippen molar-refractivity contribution >= 4 is 35.8 Å². The van der Waals surface area contributed by atoms with Crippen LogP contribution < -0.4 is 10.6 Å². The van der Waals surface area contributed by atoms with Crippen LogP contribution in [0.1, 0.15) is 12.0 Å². The molecule has 118 valence electrons. The van der Waals surface area contributed by atoms with Crippen LogP contribution in [0.3, 0.4) is 0 Å². The number of nitrogens with one attached hydrogen (secondary N) is 2. The van der Waals surface area contributed by atoms with Gasteiger partial charge in [-0.15, -0.1) is 12.4 Å². The van der Waals surface area contributed by atoms with E-state index in [4.69, 9.17) is 0 Å². The molecule has 2 rings (SSSR count). The van der Waals surface area contributed by atoms with Crippen LogP contribution >= 0.6 is 24.2 Å². The van der Waals surface area contributed by atoms with Crippen LogP contribution in [0.4, 0.5) is 5.69 Å². The number of amides is 1. The summed E-state index contributed by atoms with van der Waals surface area (Å²) in [4.78, 5) is 21.1. The first-order valence-corrected chi connectivity index (χ1v) is 7.50. The van der Waals surface area contributed by atoms with Crippen molar-refractivity contribution in [2.45, 2.75) is 23.4 Å². The van der Waals surface area contributed by atoms with Gasteiger partial charge < -0.3 is 10.6 Å². The third-order valence-corrected chi connectivity index (χ3v) is 3.71. The Hall–Kier alpha value is -1.63. The number of anilines is 1. The lowest BCUT2D eigenvalue weighted by atomic mass is 10.2. The van der Waals surface area contributed by atoms with Crippen molar-refractivity contribution in [2.24, 2.45) is 0 Å². The van der Waals surface area contributed by atoms with E-state index in [0.717, 1.165) is 16.1 Å². The second-order valence-corrected chi connectivity index (χ2v) is 5.55. The number of aryl methyl sites for hydroxylation is 1. The maximum absolute atomic E-state index is 11.7. The second-order valence-electron chi connectivity index (χ2n) is 4.51. The first kappa shape index (κ1) is 18.4. The van der Waals surface area contributed by atoms with Crippen molar-refractivity contribution in [2.75, 3.05) is 18.9 Å². The molecule has 5 nitrogen and oxygen atoms in total. The molecule has 0 bridgehead atoms. The summed E-state index contributed by atoms with van der Waals surface area (Å²) >= 11 is 1.50. The van der Waals surface area contributed by atoms with E-state index in [1.165, 1.54) is 11.8 Å². The minimum absolute atomic E-state index is 0. The van der Waals surface area contributed by atoms with E-state index < -0.39 is 0 Å². The van der Waals surface area contributed by atoms with Gasteiger partial charge in [0.2, 0.25) is 5.91 Å². The molecule has 0 saturated carbocycles. The van der Waals surface area contributed by atoms with E-state index in [1.54, 1.807) is 18.5 Å². The molecule has 1 aromatic carbocycles. The van der Waals surface area contributed by atoms with Crippen LogP contribution in [0.25, 0.3) is 0 Å². The van der Waals surface area contributed by atoms with Gasteiger partial charge in [0.15, 0.2) is 5.16 Å². The number of hydrogen-bond acceptors (Lipinski definition) is 5. The minimum atomic E-state index is 0. The Balaban J connectivity index is 0.00000242. The summed E-state index contributed by atoms with van der Waals surface area (Å²) in [6.07, 6.45) is 3.90. The molecule has 0 atom stereocenters. The molecule has 0 spiro atoms. The zero-order valence-electron chi connectivity index (χ0n) is 12.5. The Labute approximate surface area is 140 Å². The number of aromatic nitrogens is 2. The molecule has 0 fully saturated rings. The molecule has 0 unspecified atom stereocenters. The molecule has 1 heterocycles. The van der Waals surface area contributed by atoms with E-state index in [1.807, 2.05) is 32.2 Å². The van der Waals surface area contributed by atoms with E-state index in [2.05, 4.69) is 20.6 Å². The van der Waals surface area contributed by atoms with Crippen LogP contribution in [0, 0.1) is 6.92 Å². The summed E-state index contributed by atoms with van der Waals surface area (Å²) in [7, 11) is 1.83. The Bertz CT molecular complexity index is 610. The van der Waals surface area contributed by atoms with Crippen molar-refractivity contribution in [1.82, 2.24) is 15.3 Å². The monoisotopic (exact) mass is 338 g/mol. The summed E-state index contributed by atoms with van der Waals surface area (Å²) in [6.45, 7) is 2.65. The maximum atomic E-state index is 11.7. The quantitative estimate of drug-likeness (QED) is 0.793. The molecule has 0 saturated heterocycles. The fourth-order valence-corrected chi connectivity index (χ4v) is 2.54. The number of benzene rings is 1. The lowest BCUT2D eigenvalue weighted by Crippen LogP contribution is -2.19. The number of carbonyl (C=O) groups excluding carboxylic acids is 1. The van der Waals surface area contributed by atoms with E-state index in [0.29, 0.717) is 18.1 Å². The van der Waals surface area contributed by atoms with Gasteiger partial charge in [-0.05, 0) is 55.6 Å². The Kier molecular flexibility index (Phi) is 7.87. The highest BCUT2D eigenvalue weighted by Crippen LogP contribution is 2.27. The number of halogens is 1. The van der Waals surface area contributed by atoms with Crippen LogP contribution in [-0.2, 0) is 4.79 Å². The third kappa shape index (κ3) is 5.63. The van der Waals surface area contributed by atoms with Crippen LogP contribution in [0.5, 0.6) is 0 Å². The molecule has 2 N–H and O–H groups in total. The number of nitrogens with zero attached hydrogens (tertiary/aromatic N) is 2. The second kappa shape index (κ2) is 9.40. The van der Waals surface area contributed by atoms with Crippen molar-refractivity contribution < 1.29 is 4.79 Å². The molecular formula is C15H19ClN4OS. The predicted octanol–water partition coefficient (Wildman–Crippen LogP) is 2.91. The maximum Gasteiger partial charge on any atom is 0.225 e. The van der Waals surface area contributed by atoms with Crippen LogP contribution in [0.15, 0.2) is 46.7 Å². The SMILES string of the molecule is CNCCC(=O)Nc1ccc(Sc2ncccn2)cc1C.Cl. The number of rotatable bonds is 6. The van der Waals surface area contributed by atoms with Gasteiger partial charge >= 0.3 is 0 Å². The molecule has 22 heavy (non-hydrogen) atoms. The highest BCUT2D eigenvalue weighted by Gasteiger charge is 2.06. The van der Waals surface area contributed by atoms with Gasteiger partial charge in [0.05, 0.1) is 0 Å². The van der Waals surface area contributed by atoms with Crippen molar-refractivity contribution in [1.29, 1.82) is 0 Å². The van der Waals surface area contributed by atoms with Gasteiger partial charge in [-0.2, -0.15) is 0 Å². The molecule has 0 aliphatic carbocycles. The molecule has 0 radical (unpaired) electrons.